The van der Waals surface area contributed by atoms with Gasteiger partial charge in [-0.15, -0.1) is 5.10 Å². The molecule has 0 amide bonds. The third-order valence-corrected chi connectivity index (χ3v) is 3.40. The third kappa shape index (κ3) is 3.08. The van der Waals surface area contributed by atoms with Crippen molar-refractivity contribution < 1.29 is 4.39 Å². The summed E-state index contributed by atoms with van der Waals surface area (Å²) in [7, 11) is 0. The molecule has 5 nitrogen and oxygen atoms in total. The smallest absolute Gasteiger partial charge is 0.175 e. The molecule has 0 bridgehead atoms. The lowest BCUT2D eigenvalue weighted by Crippen LogP contribution is -2.09. The van der Waals surface area contributed by atoms with E-state index in [9.17, 15) is 4.39 Å². The maximum atomic E-state index is 13.8. The molecule has 2 aromatic carbocycles. The number of hydrogen-bond donors (Lipinski definition) is 1. The second-order valence-corrected chi connectivity index (χ2v) is 5.24. The van der Waals surface area contributed by atoms with Gasteiger partial charge in [-0.1, -0.05) is 34.1 Å². The minimum Gasteiger partial charge on any atom is -0.375 e. The highest BCUT2D eigenvalue weighted by Gasteiger charge is 2.09. The Hall–Kier alpha value is -2.28. The molecule has 0 aliphatic carbocycles. The van der Waals surface area contributed by atoms with Crippen molar-refractivity contribution in [3.05, 3.63) is 64.6 Å². The Morgan fingerprint density at radius 1 is 1.14 bits per heavy atom. The van der Waals surface area contributed by atoms with Gasteiger partial charge in [0.05, 0.1) is 17.9 Å². The van der Waals surface area contributed by atoms with Gasteiger partial charge in [-0.25, -0.2) is 4.39 Å². The van der Waals surface area contributed by atoms with Gasteiger partial charge in [0.15, 0.2) is 5.82 Å². The van der Waals surface area contributed by atoms with E-state index in [1.165, 1.54) is 6.07 Å². The number of aromatic nitrogens is 4. The van der Waals surface area contributed by atoms with Gasteiger partial charge in [-0.05, 0) is 40.8 Å². The number of benzene rings is 2. The Kier molecular flexibility index (Phi) is 3.92. The Balaban J connectivity index is 1.79. The highest BCUT2D eigenvalue weighted by molar-refractivity contribution is 9.10. The number of halogens is 2. The lowest BCUT2D eigenvalue weighted by atomic mass is 10.3. The minimum absolute atomic E-state index is 0.320. The van der Waals surface area contributed by atoms with Crippen molar-refractivity contribution in [2.75, 3.05) is 5.32 Å². The summed E-state index contributed by atoms with van der Waals surface area (Å²) < 4.78 is 16.1. The molecule has 0 aliphatic rings. The minimum atomic E-state index is -0.330. The summed E-state index contributed by atoms with van der Waals surface area (Å²) in [5, 5.41) is 14.6. The van der Waals surface area contributed by atoms with Crippen LogP contribution in [0.4, 0.5) is 10.1 Å². The van der Waals surface area contributed by atoms with Crippen LogP contribution in [0.15, 0.2) is 53.0 Å². The zero-order chi connectivity index (χ0) is 14.7. The van der Waals surface area contributed by atoms with Crippen molar-refractivity contribution in [3.8, 4) is 5.69 Å². The van der Waals surface area contributed by atoms with Crippen molar-refractivity contribution in [3.63, 3.8) is 0 Å². The fourth-order valence-electron chi connectivity index (χ4n) is 1.89. The molecule has 3 aromatic rings. The van der Waals surface area contributed by atoms with Gasteiger partial charge in [0.1, 0.15) is 5.82 Å². The van der Waals surface area contributed by atoms with E-state index >= 15 is 0 Å². The van der Waals surface area contributed by atoms with Crippen molar-refractivity contribution >= 4 is 21.6 Å². The van der Waals surface area contributed by atoms with Crippen LogP contribution in [-0.4, -0.2) is 20.2 Å². The average molecular weight is 348 g/mol. The number of rotatable bonds is 4. The first-order valence-electron chi connectivity index (χ1n) is 6.25. The van der Waals surface area contributed by atoms with E-state index in [1.54, 1.807) is 16.8 Å². The molecule has 0 saturated heterocycles. The average Bonchev–Trinajstić information content (AvgIpc) is 2.96. The van der Waals surface area contributed by atoms with E-state index in [4.69, 9.17) is 0 Å². The van der Waals surface area contributed by atoms with Crippen LogP contribution in [0.1, 0.15) is 5.82 Å². The Morgan fingerprint density at radius 3 is 2.71 bits per heavy atom. The Bertz CT molecular complexity index is 744. The maximum Gasteiger partial charge on any atom is 0.175 e. The fraction of sp³-hybridized carbons (Fsp3) is 0.0714. The SMILES string of the molecule is Fc1cc(Br)ccc1NCc1nnnn1-c1ccccc1. The second-order valence-electron chi connectivity index (χ2n) is 4.32. The summed E-state index contributed by atoms with van der Waals surface area (Å²) in [6.07, 6.45) is 0. The molecular weight excluding hydrogens is 337 g/mol. The van der Waals surface area contributed by atoms with Gasteiger partial charge < -0.3 is 5.32 Å². The van der Waals surface area contributed by atoms with Crippen LogP contribution in [0.25, 0.3) is 5.69 Å². The second kappa shape index (κ2) is 6.01. The molecule has 106 valence electrons. The molecule has 0 saturated carbocycles. The molecule has 1 N–H and O–H groups in total. The maximum absolute atomic E-state index is 13.8. The van der Waals surface area contributed by atoms with E-state index < -0.39 is 0 Å². The van der Waals surface area contributed by atoms with Crippen LogP contribution in [0, 0.1) is 5.82 Å². The van der Waals surface area contributed by atoms with E-state index in [0.29, 0.717) is 22.5 Å². The quantitative estimate of drug-likeness (QED) is 0.787. The zero-order valence-corrected chi connectivity index (χ0v) is 12.5. The van der Waals surface area contributed by atoms with E-state index in [2.05, 4.69) is 36.8 Å². The molecule has 1 heterocycles. The number of hydrogen-bond acceptors (Lipinski definition) is 4. The highest BCUT2D eigenvalue weighted by Crippen LogP contribution is 2.20. The molecule has 0 fully saturated rings. The van der Waals surface area contributed by atoms with Crippen molar-refractivity contribution in [2.24, 2.45) is 0 Å². The Labute approximate surface area is 128 Å². The zero-order valence-electron chi connectivity index (χ0n) is 10.9. The molecule has 3 rings (SSSR count). The molecule has 0 atom stereocenters. The van der Waals surface area contributed by atoms with E-state index in [1.807, 2.05) is 30.3 Å². The number of para-hydroxylation sites is 1. The van der Waals surface area contributed by atoms with Gasteiger partial charge in [-0.2, -0.15) is 4.68 Å². The van der Waals surface area contributed by atoms with Crippen molar-refractivity contribution in [1.82, 2.24) is 20.2 Å². The molecule has 0 unspecified atom stereocenters. The van der Waals surface area contributed by atoms with Crippen LogP contribution in [0.5, 0.6) is 0 Å². The first-order chi connectivity index (χ1) is 10.2. The lowest BCUT2D eigenvalue weighted by molar-refractivity contribution is 0.628. The predicted molar refractivity (Wildman–Crippen MR) is 80.6 cm³/mol. The van der Waals surface area contributed by atoms with E-state index in [-0.39, 0.29) is 5.82 Å². The number of anilines is 1. The van der Waals surface area contributed by atoms with Gasteiger partial charge in [-0.3, -0.25) is 0 Å². The molecule has 0 spiro atoms. The number of nitrogens with zero attached hydrogens (tertiary/aromatic N) is 4. The monoisotopic (exact) mass is 347 g/mol. The predicted octanol–water partition coefficient (Wildman–Crippen LogP) is 3.18. The summed E-state index contributed by atoms with van der Waals surface area (Å²) in [6, 6.07) is 14.4. The van der Waals surface area contributed by atoms with Crippen LogP contribution in [0.2, 0.25) is 0 Å². The summed E-state index contributed by atoms with van der Waals surface area (Å²) in [5.74, 6) is 0.270. The molecule has 0 radical (unpaired) electrons. The van der Waals surface area contributed by atoms with Crippen LogP contribution in [0.3, 0.4) is 0 Å². The molecular formula is C14H11BrFN5. The first-order valence-corrected chi connectivity index (χ1v) is 7.05. The fourth-order valence-corrected chi connectivity index (χ4v) is 2.23. The normalized spacial score (nSPS) is 10.6. The Morgan fingerprint density at radius 2 is 1.95 bits per heavy atom. The summed E-state index contributed by atoms with van der Waals surface area (Å²) in [5.41, 5.74) is 1.26. The highest BCUT2D eigenvalue weighted by atomic mass is 79.9. The lowest BCUT2D eigenvalue weighted by Gasteiger charge is -2.08. The van der Waals surface area contributed by atoms with Gasteiger partial charge in [0.2, 0.25) is 0 Å². The third-order valence-electron chi connectivity index (χ3n) is 2.90. The largest absolute Gasteiger partial charge is 0.375 e. The number of tetrazole rings is 1. The van der Waals surface area contributed by atoms with Gasteiger partial charge in [0.25, 0.3) is 0 Å². The van der Waals surface area contributed by atoms with Crippen molar-refractivity contribution in [1.29, 1.82) is 0 Å². The molecule has 21 heavy (non-hydrogen) atoms. The number of nitrogens with one attached hydrogen (secondary N) is 1. The summed E-state index contributed by atoms with van der Waals surface area (Å²) >= 11 is 3.22. The van der Waals surface area contributed by atoms with Gasteiger partial charge >= 0.3 is 0 Å². The van der Waals surface area contributed by atoms with Crippen LogP contribution < -0.4 is 5.32 Å². The van der Waals surface area contributed by atoms with Crippen molar-refractivity contribution in [2.45, 2.75) is 6.54 Å². The first kappa shape index (κ1) is 13.7. The topological polar surface area (TPSA) is 55.6 Å². The molecule has 1 aromatic heterocycles. The van der Waals surface area contributed by atoms with Gasteiger partial charge in [0, 0.05) is 4.47 Å². The summed E-state index contributed by atoms with van der Waals surface area (Å²) in [6.45, 7) is 0.320. The standard InChI is InChI=1S/C14H11BrFN5/c15-10-6-7-13(12(16)8-10)17-9-14-18-19-20-21(14)11-4-2-1-3-5-11/h1-8,17H,9H2. The summed E-state index contributed by atoms with van der Waals surface area (Å²) in [4.78, 5) is 0. The van der Waals surface area contributed by atoms with Crippen LogP contribution in [-0.2, 0) is 6.54 Å². The molecule has 7 heteroatoms. The van der Waals surface area contributed by atoms with Crippen LogP contribution >= 0.6 is 15.9 Å². The van der Waals surface area contributed by atoms with E-state index in [0.717, 1.165) is 5.69 Å². The molecule has 0 aliphatic heterocycles.